The normalized spacial score (nSPS) is 21.2. The van der Waals surface area contributed by atoms with Crippen LogP contribution in [0.4, 0.5) is 0 Å². The van der Waals surface area contributed by atoms with E-state index in [9.17, 15) is 14.7 Å². The molecule has 1 saturated heterocycles. The fraction of sp³-hybridized carbons (Fsp3) is 0.360. The molecule has 2 aromatic rings. The Morgan fingerprint density at radius 1 is 1.19 bits per heavy atom. The number of carbonyl (C=O) groups is 2. The molecule has 2 amide bonds. The largest absolute Gasteiger partial charge is 0.384 e. The van der Waals surface area contributed by atoms with Gasteiger partial charge in [0.15, 0.2) is 0 Å². The number of aliphatic hydroxyl groups is 1. The summed E-state index contributed by atoms with van der Waals surface area (Å²) in [4.78, 5) is 27.2. The molecule has 1 aliphatic rings. The van der Waals surface area contributed by atoms with Gasteiger partial charge in [0.2, 0.25) is 5.91 Å². The zero-order valence-electron chi connectivity index (χ0n) is 18.0. The van der Waals surface area contributed by atoms with E-state index < -0.39 is 17.1 Å². The van der Waals surface area contributed by atoms with Crippen LogP contribution in [0.5, 0.6) is 0 Å². The molecule has 1 unspecified atom stereocenters. The zero-order chi connectivity index (χ0) is 22.6. The molecule has 0 aliphatic carbocycles. The first-order valence-corrected chi connectivity index (χ1v) is 10.8. The molecule has 2 aromatic carbocycles. The van der Waals surface area contributed by atoms with Gasteiger partial charge in [-0.3, -0.25) is 9.59 Å². The molecule has 0 aromatic heterocycles. The van der Waals surface area contributed by atoms with Crippen molar-refractivity contribution in [3.8, 4) is 0 Å². The maximum Gasteiger partial charge on any atom is 0.251 e. The number of rotatable bonds is 6. The Balaban J connectivity index is 1.65. The van der Waals surface area contributed by atoms with E-state index in [0.717, 1.165) is 5.56 Å². The summed E-state index contributed by atoms with van der Waals surface area (Å²) >= 11 is 6.00. The Kier molecular flexibility index (Phi) is 6.87. The van der Waals surface area contributed by atoms with E-state index in [0.29, 0.717) is 30.1 Å². The number of amides is 2. The summed E-state index contributed by atoms with van der Waals surface area (Å²) in [6.45, 7) is 8.52. The second-order valence-electron chi connectivity index (χ2n) is 8.70. The van der Waals surface area contributed by atoms with Crippen LogP contribution in [0.3, 0.4) is 0 Å². The maximum absolute atomic E-state index is 13.0. The van der Waals surface area contributed by atoms with Crippen molar-refractivity contribution in [1.82, 2.24) is 10.2 Å². The first kappa shape index (κ1) is 23.0. The summed E-state index contributed by atoms with van der Waals surface area (Å²) in [5.41, 5.74) is -0.290. The monoisotopic (exact) mass is 440 g/mol. The second kappa shape index (κ2) is 9.25. The highest BCUT2D eigenvalue weighted by molar-refractivity contribution is 6.30. The number of hydrogen-bond donors (Lipinski definition) is 2. The smallest absolute Gasteiger partial charge is 0.251 e. The van der Waals surface area contributed by atoms with Crippen LogP contribution < -0.4 is 5.32 Å². The van der Waals surface area contributed by atoms with Gasteiger partial charge in [0.05, 0.1) is 18.1 Å². The summed E-state index contributed by atoms with van der Waals surface area (Å²) in [7, 11) is 0. The van der Waals surface area contributed by atoms with Gasteiger partial charge in [0.25, 0.3) is 5.91 Å². The van der Waals surface area contributed by atoms with Crippen LogP contribution in [0.1, 0.15) is 42.6 Å². The van der Waals surface area contributed by atoms with Gasteiger partial charge < -0.3 is 15.3 Å². The predicted octanol–water partition coefficient (Wildman–Crippen LogP) is 4.16. The molecular formula is C25H29ClN2O3. The number of nitrogens with one attached hydrogen (secondary N) is 1. The number of hydrogen-bond acceptors (Lipinski definition) is 3. The summed E-state index contributed by atoms with van der Waals surface area (Å²) in [6.07, 6.45) is 2.12. The summed E-state index contributed by atoms with van der Waals surface area (Å²) < 4.78 is 0. The van der Waals surface area contributed by atoms with E-state index in [2.05, 4.69) is 11.9 Å². The van der Waals surface area contributed by atoms with Gasteiger partial charge in [0, 0.05) is 29.1 Å². The lowest BCUT2D eigenvalue weighted by atomic mass is 9.66. The standard InChI is InChI=1S/C25H29ClN2O3/c1-4-21(27-23(30)18-8-6-5-7-9-18)16-22(29)28-15-14-25(31,24(2,3)17-28)19-10-12-20(26)13-11-19/h4-13,21,31H,1,14-17H2,2-3H3,(H,27,30)/t21?,25-/m0/s1. The molecule has 2 N–H and O–H groups in total. The molecule has 2 atom stereocenters. The molecule has 0 bridgehead atoms. The Bertz CT molecular complexity index is 943. The molecule has 1 aliphatic heterocycles. The van der Waals surface area contributed by atoms with Crippen LogP contribution in [-0.2, 0) is 10.4 Å². The maximum atomic E-state index is 13.0. The van der Waals surface area contributed by atoms with Gasteiger partial charge in [0.1, 0.15) is 0 Å². The topological polar surface area (TPSA) is 69.6 Å². The quantitative estimate of drug-likeness (QED) is 0.662. The molecule has 0 spiro atoms. The predicted molar refractivity (Wildman–Crippen MR) is 123 cm³/mol. The third kappa shape index (κ3) is 5.00. The van der Waals surface area contributed by atoms with Gasteiger partial charge in [-0.25, -0.2) is 0 Å². The van der Waals surface area contributed by atoms with E-state index in [-0.39, 0.29) is 18.2 Å². The molecule has 1 fully saturated rings. The van der Waals surface area contributed by atoms with Crippen molar-refractivity contribution in [2.24, 2.45) is 5.41 Å². The highest BCUT2D eigenvalue weighted by Gasteiger charge is 2.49. The minimum absolute atomic E-state index is 0.0792. The molecule has 0 saturated carbocycles. The SMILES string of the molecule is C=CC(CC(=O)N1CC[C@](O)(c2ccc(Cl)cc2)C(C)(C)C1)NC(=O)c1ccccc1. The Morgan fingerprint density at radius 2 is 1.84 bits per heavy atom. The number of likely N-dealkylation sites (tertiary alicyclic amines) is 1. The fourth-order valence-electron chi connectivity index (χ4n) is 4.15. The summed E-state index contributed by atoms with van der Waals surface area (Å²) in [6, 6.07) is 15.6. The van der Waals surface area contributed by atoms with Crippen molar-refractivity contribution in [3.05, 3.63) is 83.4 Å². The molecule has 1 heterocycles. The average molecular weight is 441 g/mol. The number of benzene rings is 2. The molecule has 3 rings (SSSR count). The average Bonchev–Trinajstić information content (AvgIpc) is 2.76. The number of piperidine rings is 1. The number of halogens is 1. The lowest BCUT2D eigenvalue weighted by Crippen LogP contribution is -2.57. The molecule has 5 nitrogen and oxygen atoms in total. The van der Waals surface area contributed by atoms with Crippen LogP contribution in [0.15, 0.2) is 67.3 Å². The minimum Gasteiger partial charge on any atom is -0.384 e. The molecule has 164 valence electrons. The number of nitrogens with zero attached hydrogens (tertiary/aromatic N) is 1. The van der Waals surface area contributed by atoms with E-state index in [4.69, 9.17) is 11.6 Å². The van der Waals surface area contributed by atoms with Crippen LogP contribution in [0, 0.1) is 5.41 Å². The van der Waals surface area contributed by atoms with Crippen LogP contribution in [0.25, 0.3) is 0 Å². The van der Waals surface area contributed by atoms with Gasteiger partial charge in [-0.05, 0) is 36.2 Å². The minimum atomic E-state index is -1.06. The Morgan fingerprint density at radius 3 is 2.42 bits per heavy atom. The van der Waals surface area contributed by atoms with Crippen LogP contribution >= 0.6 is 11.6 Å². The summed E-state index contributed by atoms with van der Waals surface area (Å²) in [5.74, 6) is -0.320. The van der Waals surface area contributed by atoms with Crippen molar-refractivity contribution in [1.29, 1.82) is 0 Å². The molecule has 0 radical (unpaired) electrons. The van der Waals surface area contributed by atoms with Crippen LogP contribution in [-0.4, -0.2) is 41.0 Å². The van der Waals surface area contributed by atoms with Gasteiger partial charge in [-0.15, -0.1) is 6.58 Å². The van der Waals surface area contributed by atoms with Gasteiger partial charge >= 0.3 is 0 Å². The highest BCUT2D eigenvalue weighted by atomic mass is 35.5. The first-order valence-electron chi connectivity index (χ1n) is 10.4. The lowest BCUT2D eigenvalue weighted by molar-refractivity contribution is -0.153. The van der Waals surface area contributed by atoms with Gasteiger partial charge in [-0.1, -0.05) is 61.9 Å². The van der Waals surface area contributed by atoms with Crippen molar-refractivity contribution in [3.63, 3.8) is 0 Å². The fourth-order valence-corrected chi connectivity index (χ4v) is 4.27. The number of carbonyl (C=O) groups excluding carboxylic acids is 2. The Labute approximate surface area is 188 Å². The third-order valence-corrected chi connectivity index (χ3v) is 6.41. The van der Waals surface area contributed by atoms with Crippen molar-refractivity contribution >= 4 is 23.4 Å². The molecular weight excluding hydrogens is 412 g/mol. The Hall–Kier alpha value is -2.63. The van der Waals surface area contributed by atoms with Crippen molar-refractivity contribution in [2.45, 2.75) is 38.3 Å². The second-order valence-corrected chi connectivity index (χ2v) is 9.14. The summed E-state index contributed by atoms with van der Waals surface area (Å²) in [5, 5.41) is 15.0. The van der Waals surface area contributed by atoms with E-state index in [1.165, 1.54) is 0 Å². The highest BCUT2D eigenvalue weighted by Crippen LogP contribution is 2.46. The lowest BCUT2D eigenvalue weighted by Gasteiger charge is -2.50. The molecule has 31 heavy (non-hydrogen) atoms. The van der Waals surface area contributed by atoms with Crippen LogP contribution in [0.2, 0.25) is 5.02 Å². The third-order valence-electron chi connectivity index (χ3n) is 6.16. The van der Waals surface area contributed by atoms with E-state index in [1.807, 2.05) is 32.0 Å². The zero-order valence-corrected chi connectivity index (χ0v) is 18.7. The molecule has 6 heteroatoms. The van der Waals surface area contributed by atoms with E-state index >= 15 is 0 Å². The van der Waals surface area contributed by atoms with Gasteiger partial charge in [-0.2, -0.15) is 0 Å². The first-order chi connectivity index (χ1) is 14.7. The van der Waals surface area contributed by atoms with Crippen molar-refractivity contribution in [2.75, 3.05) is 13.1 Å². The van der Waals surface area contributed by atoms with Crippen molar-refractivity contribution < 1.29 is 14.7 Å². The van der Waals surface area contributed by atoms with E-state index in [1.54, 1.807) is 47.4 Å².